The first-order valence-electron chi connectivity index (χ1n) is 6.24. The fourth-order valence-electron chi connectivity index (χ4n) is 1.64. The summed E-state index contributed by atoms with van der Waals surface area (Å²) in [6.45, 7) is 1.60. The van der Waals surface area contributed by atoms with E-state index < -0.39 is 6.10 Å². The summed E-state index contributed by atoms with van der Waals surface area (Å²) in [5.74, 6) is -0.0129. The summed E-state index contributed by atoms with van der Waals surface area (Å²) in [5.41, 5.74) is 0.414. The van der Waals surface area contributed by atoms with Crippen LogP contribution in [-0.4, -0.2) is 12.0 Å². The predicted octanol–water partition coefficient (Wildman–Crippen LogP) is 5.71. The average Bonchev–Trinajstić information content (AvgIpc) is 2.45. The van der Waals surface area contributed by atoms with Crippen LogP contribution in [0.4, 0.5) is 5.69 Å². The van der Waals surface area contributed by atoms with Crippen molar-refractivity contribution in [2.75, 3.05) is 5.32 Å². The minimum absolute atomic E-state index is 0.327. The molecule has 1 amide bonds. The van der Waals surface area contributed by atoms with Crippen LogP contribution >= 0.6 is 46.4 Å². The Labute approximate surface area is 148 Å². The van der Waals surface area contributed by atoms with Gasteiger partial charge in [-0.3, -0.25) is 4.79 Å². The van der Waals surface area contributed by atoms with Crippen LogP contribution < -0.4 is 10.1 Å². The number of benzene rings is 2. The standard InChI is InChI=1S/C15H11Cl4NO2/c1-8(22-14-5-3-9(16)6-12(14)19)15(21)20-13-7-10(17)2-4-11(13)18/h2-8H,1H3,(H,20,21)/t8-/m1/s1. The Morgan fingerprint density at radius 1 is 1.00 bits per heavy atom. The lowest BCUT2D eigenvalue weighted by Gasteiger charge is -2.16. The number of nitrogens with one attached hydrogen (secondary N) is 1. The largest absolute Gasteiger partial charge is 0.479 e. The molecule has 116 valence electrons. The molecule has 0 aliphatic heterocycles. The Balaban J connectivity index is 2.07. The van der Waals surface area contributed by atoms with E-state index in [4.69, 9.17) is 51.1 Å². The molecule has 0 radical (unpaired) electrons. The van der Waals surface area contributed by atoms with Gasteiger partial charge in [0.15, 0.2) is 6.10 Å². The molecule has 0 saturated carbocycles. The molecule has 22 heavy (non-hydrogen) atoms. The molecule has 1 atom stereocenters. The molecule has 7 heteroatoms. The summed E-state index contributed by atoms with van der Waals surface area (Å²) >= 11 is 23.7. The van der Waals surface area contributed by atoms with Crippen molar-refractivity contribution >= 4 is 58.0 Å². The van der Waals surface area contributed by atoms with Gasteiger partial charge < -0.3 is 10.1 Å². The van der Waals surface area contributed by atoms with Gasteiger partial charge in [0.1, 0.15) is 5.75 Å². The normalized spacial score (nSPS) is 11.9. The van der Waals surface area contributed by atoms with Gasteiger partial charge in [-0.15, -0.1) is 0 Å². The van der Waals surface area contributed by atoms with Gasteiger partial charge in [0.25, 0.3) is 5.91 Å². The third kappa shape index (κ3) is 4.43. The van der Waals surface area contributed by atoms with Crippen LogP contribution in [0.5, 0.6) is 5.75 Å². The minimum Gasteiger partial charge on any atom is -0.479 e. The summed E-state index contributed by atoms with van der Waals surface area (Å²) in [5, 5.41) is 4.32. The molecular weight excluding hydrogens is 368 g/mol. The molecule has 0 aliphatic rings. The number of halogens is 4. The summed E-state index contributed by atoms with van der Waals surface area (Å²) in [7, 11) is 0. The first-order chi connectivity index (χ1) is 10.4. The molecule has 2 aromatic carbocycles. The van der Waals surface area contributed by atoms with E-state index in [0.29, 0.717) is 31.5 Å². The van der Waals surface area contributed by atoms with Crippen LogP contribution in [-0.2, 0) is 4.79 Å². The van der Waals surface area contributed by atoms with Crippen molar-refractivity contribution in [1.29, 1.82) is 0 Å². The van der Waals surface area contributed by atoms with Crippen molar-refractivity contribution in [2.45, 2.75) is 13.0 Å². The van der Waals surface area contributed by atoms with Crippen molar-refractivity contribution in [2.24, 2.45) is 0 Å². The van der Waals surface area contributed by atoms with Crippen molar-refractivity contribution < 1.29 is 9.53 Å². The van der Waals surface area contributed by atoms with Gasteiger partial charge in [-0.2, -0.15) is 0 Å². The lowest BCUT2D eigenvalue weighted by Crippen LogP contribution is -2.30. The highest BCUT2D eigenvalue weighted by atomic mass is 35.5. The first-order valence-corrected chi connectivity index (χ1v) is 7.75. The van der Waals surface area contributed by atoms with Gasteiger partial charge in [0.05, 0.1) is 15.7 Å². The third-order valence-corrected chi connectivity index (χ3v) is 3.85. The Kier molecular flexibility index (Phi) is 5.81. The van der Waals surface area contributed by atoms with Crippen LogP contribution in [0.1, 0.15) is 6.92 Å². The number of rotatable bonds is 4. The summed E-state index contributed by atoms with van der Waals surface area (Å²) in [4.78, 5) is 12.2. The maximum absolute atomic E-state index is 12.2. The summed E-state index contributed by atoms with van der Waals surface area (Å²) < 4.78 is 5.53. The van der Waals surface area contributed by atoms with Crippen LogP contribution in [0, 0.1) is 0 Å². The fourth-order valence-corrected chi connectivity index (χ4v) is 2.43. The molecule has 1 N–H and O–H groups in total. The average molecular weight is 379 g/mol. The highest BCUT2D eigenvalue weighted by molar-refractivity contribution is 6.36. The number of anilines is 1. The highest BCUT2D eigenvalue weighted by Gasteiger charge is 2.17. The van der Waals surface area contributed by atoms with E-state index in [0.717, 1.165) is 0 Å². The third-order valence-electron chi connectivity index (χ3n) is 2.75. The van der Waals surface area contributed by atoms with Gasteiger partial charge >= 0.3 is 0 Å². The molecule has 0 bridgehead atoms. The van der Waals surface area contributed by atoms with Gasteiger partial charge in [-0.1, -0.05) is 46.4 Å². The molecule has 0 spiro atoms. The van der Waals surface area contributed by atoms with Crippen LogP contribution in [0.25, 0.3) is 0 Å². The van der Waals surface area contributed by atoms with E-state index in [1.54, 1.807) is 37.3 Å². The Bertz CT molecular complexity index is 706. The Morgan fingerprint density at radius 3 is 2.32 bits per heavy atom. The monoisotopic (exact) mass is 377 g/mol. The van der Waals surface area contributed by atoms with Crippen molar-refractivity contribution in [3.05, 3.63) is 56.5 Å². The van der Waals surface area contributed by atoms with E-state index in [2.05, 4.69) is 5.32 Å². The molecule has 2 aromatic rings. The second-order valence-electron chi connectivity index (χ2n) is 4.45. The number of amides is 1. The van der Waals surface area contributed by atoms with Gasteiger partial charge in [-0.05, 0) is 43.3 Å². The smallest absolute Gasteiger partial charge is 0.265 e. The number of ether oxygens (including phenoxy) is 1. The number of carbonyl (C=O) groups excluding carboxylic acids is 1. The fraction of sp³-hybridized carbons (Fsp3) is 0.133. The Hall–Kier alpha value is -1.13. The van der Waals surface area contributed by atoms with E-state index in [-0.39, 0.29) is 5.91 Å². The van der Waals surface area contributed by atoms with Crippen molar-refractivity contribution in [1.82, 2.24) is 0 Å². The molecule has 3 nitrogen and oxygen atoms in total. The SMILES string of the molecule is C[C@@H](Oc1ccc(Cl)cc1Cl)C(=O)Nc1cc(Cl)ccc1Cl. The minimum atomic E-state index is -0.784. The summed E-state index contributed by atoms with van der Waals surface area (Å²) in [6, 6.07) is 9.55. The number of hydrogen-bond acceptors (Lipinski definition) is 2. The zero-order valence-electron chi connectivity index (χ0n) is 11.4. The van der Waals surface area contributed by atoms with E-state index in [1.807, 2.05) is 0 Å². The van der Waals surface area contributed by atoms with Crippen LogP contribution in [0.3, 0.4) is 0 Å². The van der Waals surface area contributed by atoms with Crippen molar-refractivity contribution in [3.8, 4) is 5.75 Å². The molecular formula is C15H11Cl4NO2. The molecule has 0 aliphatic carbocycles. The lowest BCUT2D eigenvalue weighted by molar-refractivity contribution is -0.122. The lowest BCUT2D eigenvalue weighted by atomic mass is 10.3. The Morgan fingerprint density at radius 2 is 1.64 bits per heavy atom. The zero-order chi connectivity index (χ0) is 16.3. The molecule has 0 heterocycles. The number of hydrogen-bond donors (Lipinski definition) is 1. The predicted molar refractivity (Wildman–Crippen MR) is 91.6 cm³/mol. The molecule has 0 fully saturated rings. The van der Waals surface area contributed by atoms with Gasteiger partial charge in [0.2, 0.25) is 0 Å². The second kappa shape index (κ2) is 7.42. The molecule has 0 saturated heterocycles. The van der Waals surface area contributed by atoms with Gasteiger partial charge in [-0.25, -0.2) is 0 Å². The quantitative estimate of drug-likeness (QED) is 0.740. The highest BCUT2D eigenvalue weighted by Crippen LogP contribution is 2.29. The first kappa shape index (κ1) is 17.2. The molecule has 0 unspecified atom stereocenters. The van der Waals surface area contributed by atoms with Crippen LogP contribution in [0.15, 0.2) is 36.4 Å². The maximum atomic E-state index is 12.2. The molecule has 2 rings (SSSR count). The maximum Gasteiger partial charge on any atom is 0.265 e. The molecule has 0 aromatic heterocycles. The summed E-state index contributed by atoms with van der Waals surface area (Å²) in [6.07, 6.45) is -0.784. The van der Waals surface area contributed by atoms with Crippen LogP contribution in [0.2, 0.25) is 20.1 Å². The van der Waals surface area contributed by atoms with E-state index in [1.165, 1.54) is 6.07 Å². The second-order valence-corrected chi connectivity index (χ2v) is 6.14. The number of carbonyl (C=O) groups is 1. The van der Waals surface area contributed by atoms with Gasteiger partial charge in [0, 0.05) is 10.0 Å². The van der Waals surface area contributed by atoms with E-state index in [9.17, 15) is 4.79 Å². The van der Waals surface area contributed by atoms with Crippen molar-refractivity contribution in [3.63, 3.8) is 0 Å². The topological polar surface area (TPSA) is 38.3 Å². The van der Waals surface area contributed by atoms with E-state index >= 15 is 0 Å². The zero-order valence-corrected chi connectivity index (χ0v) is 14.4.